The third kappa shape index (κ3) is 2.30. The molecule has 1 aromatic heterocycles. The minimum Gasteiger partial charge on any atom is -0.437 e. The summed E-state index contributed by atoms with van der Waals surface area (Å²) in [7, 11) is 0. The first-order chi connectivity index (χ1) is 9.24. The number of rotatable bonds is 2. The van der Waals surface area contributed by atoms with Gasteiger partial charge in [-0.2, -0.15) is 5.10 Å². The van der Waals surface area contributed by atoms with Crippen LogP contribution in [-0.4, -0.2) is 10.2 Å². The molecule has 0 aliphatic carbocycles. The molecule has 5 heteroatoms. The highest BCUT2D eigenvalue weighted by molar-refractivity contribution is 6.33. The molecule has 19 heavy (non-hydrogen) atoms. The number of benzene rings is 2. The summed E-state index contributed by atoms with van der Waals surface area (Å²) in [5.41, 5.74) is 6.17. The second kappa shape index (κ2) is 4.74. The van der Waals surface area contributed by atoms with Gasteiger partial charge in [0.25, 0.3) is 0 Å². The molecule has 0 atom stereocenters. The molecule has 2 N–H and O–H groups in total. The smallest absolute Gasteiger partial charge is 0.246 e. The summed E-state index contributed by atoms with van der Waals surface area (Å²) in [6.07, 6.45) is 1.69. The highest BCUT2D eigenvalue weighted by Gasteiger charge is 2.06. The molecule has 2 aromatic carbocycles. The third-order valence-corrected chi connectivity index (χ3v) is 3.05. The van der Waals surface area contributed by atoms with Gasteiger partial charge in [0.05, 0.1) is 16.9 Å². The van der Waals surface area contributed by atoms with Crippen LogP contribution in [0.4, 0.5) is 5.69 Å². The van der Waals surface area contributed by atoms with E-state index in [9.17, 15) is 0 Å². The maximum Gasteiger partial charge on any atom is 0.246 e. The summed E-state index contributed by atoms with van der Waals surface area (Å²) in [6.45, 7) is 0. The van der Waals surface area contributed by atoms with Gasteiger partial charge in [-0.05, 0) is 18.2 Å². The van der Waals surface area contributed by atoms with Crippen molar-refractivity contribution in [3.05, 3.63) is 53.7 Å². The highest BCUT2D eigenvalue weighted by atomic mass is 35.5. The van der Waals surface area contributed by atoms with Gasteiger partial charge in [-0.25, -0.2) is 0 Å². The van der Waals surface area contributed by atoms with Crippen LogP contribution in [0.25, 0.3) is 10.8 Å². The molecule has 0 amide bonds. The van der Waals surface area contributed by atoms with Crippen LogP contribution in [0.3, 0.4) is 0 Å². The van der Waals surface area contributed by atoms with E-state index in [1.165, 1.54) is 0 Å². The Balaban J connectivity index is 2.03. The number of ether oxygens (including phenoxy) is 1. The molecule has 0 radical (unpaired) electrons. The Labute approximate surface area is 114 Å². The number of hydrogen-bond acceptors (Lipinski definition) is 4. The van der Waals surface area contributed by atoms with Crippen molar-refractivity contribution in [2.75, 3.05) is 5.73 Å². The van der Waals surface area contributed by atoms with Crippen LogP contribution in [0.15, 0.2) is 48.7 Å². The predicted molar refractivity (Wildman–Crippen MR) is 75.5 cm³/mol. The van der Waals surface area contributed by atoms with Crippen molar-refractivity contribution in [3.8, 4) is 11.6 Å². The number of nitrogen functional groups attached to an aromatic ring is 1. The number of anilines is 1. The minimum atomic E-state index is 0.443. The normalized spacial score (nSPS) is 10.6. The van der Waals surface area contributed by atoms with E-state index in [1.54, 1.807) is 24.4 Å². The Morgan fingerprint density at radius 1 is 1.11 bits per heavy atom. The van der Waals surface area contributed by atoms with Crippen LogP contribution in [0.2, 0.25) is 5.02 Å². The van der Waals surface area contributed by atoms with Gasteiger partial charge in [-0.3, -0.25) is 0 Å². The molecule has 3 aromatic rings. The first-order valence-electron chi connectivity index (χ1n) is 5.67. The SMILES string of the molecule is Nc1ccc(Oc2nncc3ccccc23)cc1Cl. The molecule has 94 valence electrons. The van der Waals surface area contributed by atoms with Crippen molar-refractivity contribution in [3.63, 3.8) is 0 Å². The van der Waals surface area contributed by atoms with Gasteiger partial charge in [0.2, 0.25) is 5.88 Å². The van der Waals surface area contributed by atoms with E-state index < -0.39 is 0 Å². The van der Waals surface area contributed by atoms with Crippen molar-refractivity contribution >= 4 is 28.1 Å². The first kappa shape index (κ1) is 11.7. The zero-order valence-corrected chi connectivity index (χ0v) is 10.6. The fourth-order valence-corrected chi connectivity index (χ4v) is 1.93. The molecule has 0 aliphatic rings. The summed E-state index contributed by atoms with van der Waals surface area (Å²) >= 11 is 5.96. The summed E-state index contributed by atoms with van der Waals surface area (Å²) in [6, 6.07) is 12.8. The standard InChI is InChI=1S/C14H10ClN3O/c15-12-7-10(5-6-13(12)16)19-14-11-4-2-1-3-9(11)8-17-18-14/h1-8H,16H2. The minimum absolute atomic E-state index is 0.443. The number of hydrogen-bond donors (Lipinski definition) is 1. The van der Waals surface area contributed by atoms with Gasteiger partial charge >= 0.3 is 0 Å². The van der Waals surface area contributed by atoms with E-state index in [-0.39, 0.29) is 0 Å². The van der Waals surface area contributed by atoms with E-state index in [1.807, 2.05) is 24.3 Å². The second-order valence-electron chi connectivity index (χ2n) is 4.02. The van der Waals surface area contributed by atoms with E-state index in [4.69, 9.17) is 22.1 Å². The monoisotopic (exact) mass is 271 g/mol. The molecule has 0 aliphatic heterocycles. The fraction of sp³-hybridized carbons (Fsp3) is 0. The summed E-state index contributed by atoms with van der Waals surface area (Å²) < 4.78 is 5.71. The van der Waals surface area contributed by atoms with Crippen LogP contribution in [0, 0.1) is 0 Å². The van der Waals surface area contributed by atoms with Crippen molar-refractivity contribution in [2.45, 2.75) is 0 Å². The topological polar surface area (TPSA) is 61.0 Å². The molecule has 0 spiro atoms. The summed E-state index contributed by atoms with van der Waals surface area (Å²) in [5.74, 6) is 1.02. The number of fused-ring (bicyclic) bond motifs is 1. The number of nitrogens with two attached hydrogens (primary N) is 1. The molecule has 0 saturated carbocycles. The Hall–Kier alpha value is -2.33. The van der Waals surface area contributed by atoms with Crippen molar-refractivity contribution in [1.29, 1.82) is 0 Å². The van der Waals surface area contributed by atoms with Gasteiger partial charge in [-0.1, -0.05) is 29.8 Å². The lowest BCUT2D eigenvalue weighted by atomic mass is 10.2. The molecule has 1 heterocycles. The molecule has 0 fully saturated rings. The quantitative estimate of drug-likeness (QED) is 0.723. The predicted octanol–water partition coefficient (Wildman–Crippen LogP) is 3.66. The van der Waals surface area contributed by atoms with Crippen molar-refractivity contribution in [1.82, 2.24) is 10.2 Å². The van der Waals surface area contributed by atoms with Gasteiger partial charge in [0, 0.05) is 16.8 Å². The first-order valence-corrected chi connectivity index (χ1v) is 6.05. The lowest BCUT2D eigenvalue weighted by Crippen LogP contribution is -1.93. The van der Waals surface area contributed by atoms with E-state index in [0.29, 0.717) is 22.3 Å². The number of aromatic nitrogens is 2. The van der Waals surface area contributed by atoms with Crippen molar-refractivity contribution < 1.29 is 4.74 Å². The zero-order chi connectivity index (χ0) is 13.2. The maximum absolute atomic E-state index is 5.96. The van der Waals surface area contributed by atoms with Gasteiger partial charge in [-0.15, -0.1) is 5.10 Å². The van der Waals surface area contributed by atoms with E-state index >= 15 is 0 Å². The van der Waals surface area contributed by atoms with Gasteiger partial charge < -0.3 is 10.5 Å². The lowest BCUT2D eigenvalue weighted by molar-refractivity contribution is 0.462. The van der Waals surface area contributed by atoms with Crippen LogP contribution in [0.1, 0.15) is 0 Å². The molecule has 0 unspecified atom stereocenters. The van der Waals surface area contributed by atoms with Crippen molar-refractivity contribution in [2.24, 2.45) is 0 Å². The van der Waals surface area contributed by atoms with Gasteiger partial charge in [0.15, 0.2) is 0 Å². The summed E-state index contributed by atoms with van der Waals surface area (Å²) in [5, 5.41) is 10.2. The average molecular weight is 272 g/mol. The second-order valence-corrected chi connectivity index (χ2v) is 4.43. The van der Waals surface area contributed by atoms with E-state index in [2.05, 4.69) is 10.2 Å². The van der Waals surface area contributed by atoms with Crippen LogP contribution < -0.4 is 10.5 Å². The molecule has 4 nitrogen and oxygen atoms in total. The van der Waals surface area contributed by atoms with Crippen LogP contribution >= 0.6 is 11.6 Å². The number of halogens is 1. The molecule has 0 saturated heterocycles. The zero-order valence-electron chi connectivity index (χ0n) is 9.88. The Morgan fingerprint density at radius 3 is 2.79 bits per heavy atom. The van der Waals surface area contributed by atoms with Gasteiger partial charge in [0.1, 0.15) is 5.75 Å². The molecule has 0 bridgehead atoms. The van der Waals surface area contributed by atoms with E-state index in [0.717, 1.165) is 10.8 Å². The average Bonchev–Trinajstić information content (AvgIpc) is 2.43. The Kier molecular flexibility index (Phi) is 2.93. The molecular formula is C14H10ClN3O. The summed E-state index contributed by atoms with van der Waals surface area (Å²) in [4.78, 5) is 0. The molecular weight excluding hydrogens is 262 g/mol. The maximum atomic E-state index is 5.96. The third-order valence-electron chi connectivity index (χ3n) is 2.72. The Morgan fingerprint density at radius 2 is 1.95 bits per heavy atom. The highest BCUT2D eigenvalue weighted by Crippen LogP contribution is 2.30. The largest absolute Gasteiger partial charge is 0.437 e. The number of nitrogens with zero attached hydrogens (tertiary/aromatic N) is 2. The Bertz CT molecular complexity index is 740. The molecule has 3 rings (SSSR count). The van der Waals surface area contributed by atoms with Crippen LogP contribution in [0.5, 0.6) is 11.6 Å². The van der Waals surface area contributed by atoms with Crippen LogP contribution in [-0.2, 0) is 0 Å². The fourth-order valence-electron chi connectivity index (χ4n) is 1.76. The lowest BCUT2D eigenvalue weighted by Gasteiger charge is -2.07.